The molecule has 1 aromatic carbocycles. The molecule has 3 N–H and O–H groups in total. The molecule has 5 nitrogen and oxygen atoms in total. The molecule has 0 fully saturated rings. The fraction of sp³-hybridized carbons (Fsp3) is 0.417. The van der Waals surface area contributed by atoms with Crippen molar-refractivity contribution in [3.05, 3.63) is 28.8 Å². The van der Waals surface area contributed by atoms with Gasteiger partial charge in [0.15, 0.2) is 0 Å². The molecule has 0 radical (unpaired) electrons. The number of benzene rings is 1. The summed E-state index contributed by atoms with van der Waals surface area (Å²) < 4.78 is 5.11. The Bertz CT molecular complexity index is 430. The lowest BCUT2D eigenvalue weighted by Crippen LogP contribution is -2.27. The van der Waals surface area contributed by atoms with Gasteiger partial charge in [-0.05, 0) is 38.5 Å². The van der Waals surface area contributed by atoms with E-state index in [1.54, 1.807) is 39.0 Å². The van der Waals surface area contributed by atoms with Gasteiger partial charge in [-0.1, -0.05) is 17.7 Å². The van der Waals surface area contributed by atoms with Crippen molar-refractivity contribution >= 4 is 23.4 Å². The van der Waals surface area contributed by atoms with Crippen LogP contribution in [0.15, 0.2) is 18.2 Å². The quantitative estimate of drug-likeness (QED) is 0.739. The van der Waals surface area contributed by atoms with Crippen molar-refractivity contribution in [2.45, 2.75) is 32.9 Å². The van der Waals surface area contributed by atoms with E-state index in [9.17, 15) is 4.79 Å². The number of hydrogen-bond acceptors (Lipinski definition) is 4. The van der Waals surface area contributed by atoms with E-state index >= 15 is 0 Å². The van der Waals surface area contributed by atoms with Gasteiger partial charge in [-0.2, -0.15) is 0 Å². The lowest BCUT2D eigenvalue weighted by Gasteiger charge is -2.19. The number of nitrogens with one attached hydrogen (secondary N) is 2. The van der Waals surface area contributed by atoms with Crippen LogP contribution >= 0.6 is 11.6 Å². The van der Waals surface area contributed by atoms with E-state index in [0.717, 1.165) is 5.56 Å². The zero-order chi connectivity index (χ0) is 13.8. The Hall–Kier alpha value is -1.30. The fourth-order valence-electron chi connectivity index (χ4n) is 1.28. The largest absolute Gasteiger partial charge is 0.444 e. The molecule has 0 atom stereocenters. The molecular formula is C12H17ClN2O3. The second kappa shape index (κ2) is 6.04. The zero-order valence-electron chi connectivity index (χ0n) is 10.6. The van der Waals surface area contributed by atoms with Crippen molar-refractivity contribution in [1.29, 1.82) is 0 Å². The first-order valence-electron chi connectivity index (χ1n) is 5.47. The van der Waals surface area contributed by atoms with E-state index in [0.29, 0.717) is 10.7 Å². The molecule has 0 aliphatic rings. The number of amides is 1. The predicted molar refractivity (Wildman–Crippen MR) is 69.9 cm³/mol. The Labute approximate surface area is 111 Å². The third-order valence-electron chi connectivity index (χ3n) is 1.97. The first-order chi connectivity index (χ1) is 8.31. The predicted octanol–water partition coefficient (Wildman–Crippen LogP) is 3.17. The summed E-state index contributed by atoms with van der Waals surface area (Å²) in [5, 5.41) is 11.6. The van der Waals surface area contributed by atoms with Gasteiger partial charge >= 0.3 is 6.09 Å². The van der Waals surface area contributed by atoms with E-state index in [1.165, 1.54) is 0 Å². The van der Waals surface area contributed by atoms with Crippen LogP contribution in [0.25, 0.3) is 0 Å². The van der Waals surface area contributed by atoms with Crippen LogP contribution in [0.3, 0.4) is 0 Å². The van der Waals surface area contributed by atoms with Crippen LogP contribution < -0.4 is 10.8 Å². The number of hydroxylamine groups is 1. The number of carbonyl (C=O) groups is 1. The topological polar surface area (TPSA) is 70.6 Å². The van der Waals surface area contributed by atoms with Crippen molar-refractivity contribution in [3.8, 4) is 0 Å². The third-order valence-corrected chi connectivity index (χ3v) is 2.32. The molecule has 1 aromatic rings. The molecule has 0 bridgehead atoms. The number of ether oxygens (including phenoxy) is 1. The number of anilines is 1. The molecule has 0 aliphatic carbocycles. The molecule has 1 rings (SSSR count). The highest BCUT2D eigenvalue weighted by Crippen LogP contribution is 2.21. The first kappa shape index (κ1) is 14.8. The highest BCUT2D eigenvalue weighted by atomic mass is 35.5. The maximum absolute atomic E-state index is 11.5. The molecule has 1 amide bonds. The second-order valence-corrected chi connectivity index (χ2v) is 5.18. The van der Waals surface area contributed by atoms with E-state index in [1.807, 2.05) is 5.48 Å². The van der Waals surface area contributed by atoms with Crippen LogP contribution in [-0.2, 0) is 11.3 Å². The monoisotopic (exact) mass is 272 g/mol. The molecule has 0 aromatic heterocycles. The Balaban J connectivity index is 2.69. The lowest BCUT2D eigenvalue weighted by atomic mass is 10.2. The average Bonchev–Trinajstić information content (AvgIpc) is 2.19. The van der Waals surface area contributed by atoms with E-state index in [-0.39, 0.29) is 6.54 Å². The Kier molecular flexibility index (Phi) is 4.95. The van der Waals surface area contributed by atoms with Gasteiger partial charge in [0, 0.05) is 17.3 Å². The maximum atomic E-state index is 11.5. The molecule has 0 saturated heterocycles. The van der Waals surface area contributed by atoms with Crippen LogP contribution in [0.5, 0.6) is 0 Å². The highest BCUT2D eigenvalue weighted by molar-refractivity contribution is 6.31. The summed E-state index contributed by atoms with van der Waals surface area (Å²) in [6, 6.07) is 4.98. The van der Waals surface area contributed by atoms with Gasteiger partial charge in [-0.3, -0.25) is 5.32 Å². The maximum Gasteiger partial charge on any atom is 0.412 e. The Morgan fingerprint density at radius 2 is 2.11 bits per heavy atom. The van der Waals surface area contributed by atoms with Crippen molar-refractivity contribution in [2.24, 2.45) is 0 Å². The second-order valence-electron chi connectivity index (χ2n) is 4.77. The van der Waals surface area contributed by atoms with Crippen LogP contribution in [-0.4, -0.2) is 16.9 Å². The van der Waals surface area contributed by atoms with E-state index < -0.39 is 11.7 Å². The Morgan fingerprint density at radius 3 is 2.61 bits per heavy atom. The number of halogens is 1. The SMILES string of the molecule is CC(C)(C)OC(=O)Nc1ccc(CNO)c(Cl)c1. The molecular weight excluding hydrogens is 256 g/mol. The minimum absolute atomic E-state index is 0.242. The summed E-state index contributed by atoms with van der Waals surface area (Å²) in [5.74, 6) is 0. The zero-order valence-corrected chi connectivity index (χ0v) is 11.3. The van der Waals surface area contributed by atoms with Gasteiger partial charge in [0.05, 0.1) is 0 Å². The lowest BCUT2D eigenvalue weighted by molar-refractivity contribution is 0.0636. The van der Waals surface area contributed by atoms with E-state index in [4.69, 9.17) is 21.5 Å². The summed E-state index contributed by atoms with van der Waals surface area (Å²) in [7, 11) is 0. The summed E-state index contributed by atoms with van der Waals surface area (Å²) in [5.41, 5.74) is 2.74. The van der Waals surface area contributed by atoms with Gasteiger partial charge in [0.2, 0.25) is 0 Å². The molecule has 18 heavy (non-hydrogen) atoms. The van der Waals surface area contributed by atoms with Crippen molar-refractivity contribution in [3.63, 3.8) is 0 Å². The van der Waals surface area contributed by atoms with Gasteiger partial charge in [-0.25, -0.2) is 10.3 Å². The fourth-order valence-corrected chi connectivity index (χ4v) is 1.52. The van der Waals surface area contributed by atoms with Gasteiger partial charge in [0.1, 0.15) is 5.60 Å². The standard InChI is InChI=1S/C12H17ClN2O3/c1-12(2,3)18-11(16)15-9-5-4-8(7-14-17)10(13)6-9/h4-6,14,17H,7H2,1-3H3,(H,15,16). The van der Waals surface area contributed by atoms with Gasteiger partial charge in [0.25, 0.3) is 0 Å². The number of rotatable bonds is 3. The minimum Gasteiger partial charge on any atom is -0.444 e. The van der Waals surface area contributed by atoms with Crippen molar-refractivity contribution in [2.75, 3.05) is 5.32 Å². The average molecular weight is 273 g/mol. The summed E-state index contributed by atoms with van der Waals surface area (Å²) >= 11 is 5.98. The summed E-state index contributed by atoms with van der Waals surface area (Å²) in [6.07, 6.45) is -0.536. The van der Waals surface area contributed by atoms with Crippen LogP contribution in [0.4, 0.5) is 10.5 Å². The van der Waals surface area contributed by atoms with Crippen molar-refractivity contribution < 1.29 is 14.7 Å². The smallest absolute Gasteiger partial charge is 0.412 e. The number of carbonyl (C=O) groups excluding carboxylic acids is 1. The van der Waals surface area contributed by atoms with Crippen LogP contribution in [0.2, 0.25) is 5.02 Å². The van der Waals surface area contributed by atoms with Crippen molar-refractivity contribution in [1.82, 2.24) is 5.48 Å². The molecule has 0 heterocycles. The molecule has 0 aliphatic heterocycles. The van der Waals surface area contributed by atoms with Crippen LogP contribution in [0.1, 0.15) is 26.3 Å². The number of hydrogen-bond donors (Lipinski definition) is 3. The summed E-state index contributed by atoms with van der Waals surface area (Å²) in [6.45, 7) is 5.60. The third kappa shape index (κ3) is 4.91. The van der Waals surface area contributed by atoms with Gasteiger partial charge in [-0.15, -0.1) is 0 Å². The van der Waals surface area contributed by atoms with E-state index in [2.05, 4.69) is 5.32 Å². The summed E-state index contributed by atoms with van der Waals surface area (Å²) in [4.78, 5) is 11.5. The molecule has 100 valence electrons. The molecule has 0 unspecified atom stereocenters. The minimum atomic E-state index is -0.547. The molecule has 0 spiro atoms. The Morgan fingerprint density at radius 1 is 1.44 bits per heavy atom. The first-order valence-corrected chi connectivity index (χ1v) is 5.85. The molecule has 6 heteroatoms. The van der Waals surface area contributed by atoms with Crippen LogP contribution in [0, 0.1) is 0 Å². The highest BCUT2D eigenvalue weighted by Gasteiger charge is 2.16. The molecule has 0 saturated carbocycles. The normalized spacial score (nSPS) is 11.2. The van der Waals surface area contributed by atoms with Gasteiger partial charge < -0.3 is 9.94 Å².